The predicted octanol–water partition coefficient (Wildman–Crippen LogP) is 3.25. The monoisotopic (exact) mass is 361 g/mol. The molecule has 0 fully saturated rings. The molecule has 0 aliphatic heterocycles. The summed E-state index contributed by atoms with van der Waals surface area (Å²) in [6.07, 6.45) is 3.45. The lowest BCUT2D eigenvalue weighted by Gasteiger charge is -2.20. The van der Waals surface area contributed by atoms with Crippen LogP contribution in [-0.2, 0) is 0 Å². The summed E-state index contributed by atoms with van der Waals surface area (Å²) in [5.41, 5.74) is 8.99. The summed E-state index contributed by atoms with van der Waals surface area (Å²) in [6, 6.07) is 18.8. The number of benzene rings is 2. The Balaban J connectivity index is 1.87. The Morgan fingerprint density at radius 3 is 2.48 bits per heavy atom. The van der Waals surface area contributed by atoms with Gasteiger partial charge in [0.2, 0.25) is 0 Å². The molecule has 0 spiro atoms. The molecule has 0 bridgehead atoms. The summed E-state index contributed by atoms with van der Waals surface area (Å²) in [5, 5.41) is 3.12. The molecule has 2 aromatic carbocycles. The number of aryl methyl sites for hydroxylation is 1. The van der Waals surface area contributed by atoms with Crippen LogP contribution in [0.25, 0.3) is 0 Å². The molecule has 0 unspecified atom stereocenters. The molecule has 27 heavy (non-hydrogen) atoms. The Labute approximate surface area is 159 Å². The molecule has 0 radical (unpaired) electrons. The number of nitrogens with one attached hydrogen (secondary N) is 1. The van der Waals surface area contributed by atoms with E-state index in [4.69, 9.17) is 10.5 Å². The highest BCUT2D eigenvalue weighted by atomic mass is 16.5. The van der Waals surface area contributed by atoms with E-state index >= 15 is 0 Å². The fraction of sp³-hybridized carbons (Fsp3) is 0.182. The molecule has 0 aliphatic carbocycles. The third-order valence-corrected chi connectivity index (χ3v) is 4.27. The summed E-state index contributed by atoms with van der Waals surface area (Å²) in [4.78, 5) is 17.0. The van der Waals surface area contributed by atoms with E-state index in [2.05, 4.69) is 10.3 Å². The SMILES string of the molecule is Cc1ccc(C(=O)N[C@@H](c2ccccc2)c2ccncc2)cc1OCCN. The molecular weight excluding hydrogens is 338 g/mol. The second kappa shape index (κ2) is 8.96. The van der Waals surface area contributed by atoms with Gasteiger partial charge in [-0.15, -0.1) is 0 Å². The quantitative estimate of drug-likeness (QED) is 0.677. The Kier molecular flexibility index (Phi) is 6.18. The topological polar surface area (TPSA) is 77.2 Å². The van der Waals surface area contributed by atoms with E-state index in [1.165, 1.54) is 0 Å². The van der Waals surface area contributed by atoms with Gasteiger partial charge in [0.25, 0.3) is 5.91 Å². The maximum absolute atomic E-state index is 12.9. The molecule has 5 heteroatoms. The predicted molar refractivity (Wildman–Crippen MR) is 106 cm³/mol. The van der Waals surface area contributed by atoms with Gasteiger partial charge in [-0.2, -0.15) is 0 Å². The fourth-order valence-corrected chi connectivity index (χ4v) is 2.84. The van der Waals surface area contributed by atoms with Crippen LogP contribution in [0.5, 0.6) is 5.75 Å². The zero-order valence-corrected chi connectivity index (χ0v) is 15.3. The Morgan fingerprint density at radius 1 is 1.07 bits per heavy atom. The number of hydrogen-bond acceptors (Lipinski definition) is 4. The van der Waals surface area contributed by atoms with Crippen molar-refractivity contribution in [2.75, 3.05) is 13.2 Å². The minimum absolute atomic E-state index is 0.168. The lowest BCUT2D eigenvalue weighted by atomic mass is 9.99. The van der Waals surface area contributed by atoms with Crippen molar-refractivity contribution in [1.82, 2.24) is 10.3 Å². The average molecular weight is 361 g/mol. The van der Waals surface area contributed by atoms with Crippen LogP contribution in [0.1, 0.15) is 33.1 Å². The number of aromatic nitrogens is 1. The Morgan fingerprint density at radius 2 is 1.78 bits per heavy atom. The van der Waals surface area contributed by atoms with Crippen LogP contribution in [-0.4, -0.2) is 24.0 Å². The number of carbonyl (C=O) groups excluding carboxylic acids is 1. The molecule has 138 valence electrons. The largest absolute Gasteiger partial charge is 0.492 e. The van der Waals surface area contributed by atoms with Crippen LogP contribution >= 0.6 is 0 Å². The maximum Gasteiger partial charge on any atom is 0.252 e. The maximum atomic E-state index is 12.9. The van der Waals surface area contributed by atoms with Crippen molar-refractivity contribution in [2.45, 2.75) is 13.0 Å². The Hall–Kier alpha value is -3.18. The first-order valence-corrected chi connectivity index (χ1v) is 8.88. The molecule has 3 N–H and O–H groups in total. The average Bonchev–Trinajstić information content (AvgIpc) is 2.72. The highest BCUT2D eigenvalue weighted by Gasteiger charge is 2.18. The molecule has 1 aromatic heterocycles. The summed E-state index contributed by atoms with van der Waals surface area (Å²) < 4.78 is 5.64. The smallest absolute Gasteiger partial charge is 0.252 e. The van der Waals surface area contributed by atoms with E-state index in [0.717, 1.165) is 16.7 Å². The van der Waals surface area contributed by atoms with Crippen LogP contribution in [0.4, 0.5) is 0 Å². The third kappa shape index (κ3) is 4.71. The first-order chi connectivity index (χ1) is 13.2. The number of nitrogens with zero attached hydrogens (tertiary/aromatic N) is 1. The number of pyridine rings is 1. The zero-order valence-electron chi connectivity index (χ0n) is 15.3. The molecular formula is C22H23N3O2. The minimum atomic E-state index is -0.267. The van der Waals surface area contributed by atoms with Gasteiger partial charge in [-0.25, -0.2) is 0 Å². The van der Waals surface area contributed by atoms with E-state index in [1.54, 1.807) is 24.5 Å². The minimum Gasteiger partial charge on any atom is -0.492 e. The highest BCUT2D eigenvalue weighted by molar-refractivity contribution is 5.95. The lowest BCUT2D eigenvalue weighted by Crippen LogP contribution is -2.29. The van der Waals surface area contributed by atoms with E-state index in [0.29, 0.717) is 24.5 Å². The van der Waals surface area contributed by atoms with Crippen LogP contribution < -0.4 is 15.8 Å². The number of carbonyl (C=O) groups is 1. The molecule has 0 saturated heterocycles. The second-order valence-corrected chi connectivity index (χ2v) is 6.22. The highest BCUT2D eigenvalue weighted by Crippen LogP contribution is 2.24. The van der Waals surface area contributed by atoms with Crippen LogP contribution in [0.15, 0.2) is 73.1 Å². The van der Waals surface area contributed by atoms with E-state index in [-0.39, 0.29) is 11.9 Å². The summed E-state index contributed by atoms with van der Waals surface area (Å²) in [6.45, 7) is 2.78. The molecule has 0 saturated carbocycles. The number of ether oxygens (including phenoxy) is 1. The van der Waals surface area contributed by atoms with Gasteiger partial charge < -0.3 is 15.8 Å². The number of amides is 1. The van der Waals surface area contributed by atoms with Gasteiger partial charge in [-0.1, -0.05) is 36.4 Å². The van der Waals surface area contributed by atoms with E-state index in [1.807, 2.05) is 55.5 Å². The van der Waals surface area contributed by atoms with Crippen LogP contribution in [0, 0.1) is 6.92 Å². The van der Waals surface area contributed by atoms with Crippen molar-refractivity contribution < 1.29 is 9.53 Å². The Bertz CT molecular complexity index is 843. The summed E-state index contributed by atoms with van der Waals surface area (Å²) >= 11 is 0. The van der Waals surface area contributed by atoms with Gasteiger partial charge >= 0.3 is 0 Å². The molecule has 1 atom stereocenters. The third-order valence-electron chi connectivity index (χ3n) is 4.27. The molecule has 3 aromatic rings. The van der Waals surface area contributed by atoms with E-state index in [9.17, 15) is 4.79 Å². The van der Waals surface area contributed by atoms with Gasteiger partial charge in [0.15, 0.2) is 0 Å². The van der Waals surface area contributed by atoms with Gasteiger partial charge in [0.1, 0.15) is 12.4 Å². The zero-order chi connectivity index (χ0) is 19.1. The number of rotatable bonds is 7. The molecule has 0 aliphatic rings. The van der Waals surface area contributed by atoms with Crippen LogP contribution in [0.3, 0.4) is 0 Å². The fourth-order valence-electron chi connectivity index (χ4n) is 2.84. The first kappa shape index (κ1) is 18.6. The van der Waals surface area contributed by atoms with Crippen molar-refractivity contribution in [2.24, 2.45) is 5.73 Å². The van der Waals surface area contributed by atoms with Gasteiger partial charge in [-0.3, -0.25) is 9.78 Å². The standard InChI is InChI=1S/C22H23N3O2/c1-16-7-8-19(15-20(16)27-14-11-23)22(26)25-21(17-5-3-2-4-6-17)18-9-12-24-13-10-18/h2-10,12-13,15,21H,11,14,23H2,1H3,(H,25,26)/t21-/m0/s1. The first-order valence-electron chi connectivity index (χ1n) is 8.88. The number of nitrogens with two attached hydrogens (primary N) is 1. The summed E-state index contributed by atoms with van der Waals surface area (Å²) in [7, 11) is 0. The van der Waals surface area contributed by atoms with Crippen LogP contribution in [0.2, 0.25) is 0 Å². The van der Waals surface area contributed by atoms with Crippen molar-refractivity contribution in [3.05, 3.63) is 95.3 Å². The van der Waals surface area contributed by atoms with Crippen molar-refractivity contribution in [1.29, 1.82) is 0 Å². The van der Waals surface area contributed by atoms with Crippen molar-refractivity contribution in [3.63, 3.8) is 0 Å². The van der Waals surface area contributed by atoms with Crippen molar-refractivity contribution >= 4 is 5.91 Å². The normalized spacial score (nSPS) is 11.6. The number of hydrogen-bond donors (Lipinski definition) is 2. The van der Waals surface area contributed by atoms with Gasteiger partial charge in [0.05, 0.1) is 6.04 Å². The van der Waals surface area contributed by atoms with E-state index < -0.39 is 0 Å². The molecule has 3 rings (SSSR count). The van der Waals surface area contributed by atoms with Gasteiger partial charge in [0, 0.05) is 24.5 Å². The summed E-state index contributed by atoms with van der Waals surface area (Å²) in [5.74, 6) is 0.506. The molecule has 1 heterocycles. The second-order valence-electron chi connectivity index (χ2n) is 6.22. The van der Waals surface area contributed by atoms with Gasteiger partial charge in [-0.05, 0) is 47.9 Å². The molecule has 1 amide bonds. The molecule has 5 nitrogen and oxygen atoms in total. The lowest BCUT2D eigenvalue weighted by molar-refractivity contribution is 0.0942. The van der Waals surface area contributed by atoms with Crippen molar-refractivity contribution in [3.8, 4) is 5.75 Å².